The van der Waals surface area contributed by atoms with Crippen LogP contribution in [0.2, 0.25) is 0 Å². The van der Waals surface area contributed by atoms with Crippen molar-refractivity contribution < 1.29 is 9.72 Å². The van der Waals surface area contributed by atoms with Gasteiger partial charge >= 0.3 is 0 Å². The molecule has 0 radical (unpaired) electrons. The fourth-order valence-electron chi connectivity index (χ4n) is 2.96. The van der Waals surface area contributed by atoms with Crippen molar-refractivity contribution >= 4 is 28.2 Å². The van der Waals surface area contributed by atoms with Gasteiger partial charge in [0.05, 0.1) is 10.8 Å². The fraction of sp³-hybridized carbons (Fsp3) is 0.333. The van der Waals surface area contributed by atoms with E-state index < -0.39 is 4.92 Å². The summed E-state index contributed by atoms with van der Waals surface area (Å²) in [7, 11) is 0. The molecule has 0 bridgehead atoms. The Bertz CT molecular complexity index is 775. The monoisotopic (exact) mass is 300 g/mol. The van der Waals surface area contributed by atoms with Gasteiger partial charge in [0.1, 0.15) is 0 Å². The van der Waals surface area contributed by atoms with Crippen LogP contribution in [0.5, 0.6) is 0 Å². The predicted octanol–water partition coefficient (Wildman–Crippen LogP) is 1.76. The first-order chi connectivity index (χ1) is 10.5. The van der Waals surface area contributed by atoms with Crippen LogP contribution in [-0.4, -0.2) is 28.9 Å². The van der Waals surface area contributed by atoms with Crippen LogP contribution in [0.4, 0.5) is 11.4 Å². The van der Waals surface area contributed by atoms with E-state index in [2.05, 4.69) is 9.88 Å². The number of carbonyl (C=O) groups excluding carboxylic acids is 1. The highest BCUT2D eigenvalue weighted by Crippen LogP contribution is 2.34. The van der Waals surface area contributed by atoms with Crippen LogP contribution in [0.1, 0.15) is 12.1 Å². The summed E-state index contributed by atoms with van der Waals surface area (Å²) in [4.78, 5) is 28.5. The zero-order valence-corrected chi connectivity index (χ0v) is 12.2. The van der Waals surface area contributed by atoms with E-state index in [9.17, 15) is 14.9 Å². The summed E-state index contributed by atoms with van der Waals surface area (Å²) < 4.78 is 0. The third-order valence-corrected chi connectivity index (χ3v) is 4.05. The van der Waals surface area contributed by atoms with Gasteiger partial charge in [0.2, 0.25) is 5.91 Å². The summed E-state index contributed by atoms with van der Waals surface area (Å²) in [6, 6.07) is 6.83. The van der Waals surface area contributed by atoms with Gasteiger partial charge in [-0.3, -0.25) is 14.9 Å². The highest BCUT2D eigenvalue weighted by molar-refractivity contribution is 5.97. The maximum atomic E-state index is 11.3. The van der Waals surface area contributed by atoms with Gasteiger partial charge in [-0.25, -0.2) is 4.98 Å². The number of nitro groups is 1. The molecule has 3 rings (SSSR count). The van der Waals surface area contributed by atoms with Crippen LogP contribution < -0.4 is 10.6 Å². The van der Waals surface area contributed by atoms with Crippen molar-refractivity contribution in [1.29, 1.82) is 0 Å². The predicted molar refractivity (Wildman–Crippen MR) is 82.6 cm³/mol. The maximum absolute atomic E-state index is 11.3. The van der Waals surface area contributed by atoms with E-state index in [1.807, 2.05) is 12.1 Å². The first-order valence-electron chi connectivity index (χ1n) is 7.06. The molecular weight excluding hydrogens is 284 g/mol. The number of anilines is 1. The van der Waals surface area contributed by atoms with E-state index in [1.165, 1.54) is 6.07 Å². The summed E-state index contributed by atoms with van der Waals surface area (Å²) in [6.07, 6.45) is 0.702. The number of pyridine rings is 1. The number of rotatable bonds is 3. The second kappa shape index (κ2) is 5.25. The first-order valence-corrected chi connectivity index (χ1v) is 7.06. The number of nitrogens with zero attached hydrogens (tertiary/aromatic N) is 3. The smallest absolute Gasteiger partial charge is 0.295 e. The number of nitro benzene ring substituents is 1. The van der Waals surface area contributed by atoms with Gasteiger partial charge in [-0.2, -0.15) is 0 Å². The lowest BCUT2D eigenvalue weighted by atomic mass is 10.1. The van der Waals surface area contributed by atoms with Crippen LogP contribution in [0.15, 0.2) is 24.3 Å². The summed E-state index contributed by atoms with van der Waals surface area (Å²) in [5.41, 5.74) is 7.33. The standard InChI is InChI=1S/C15H16N4O3/c1-9-7-13(18-6-5-10(8-18)15(16)20)11-3-2-4-12(19(21)22)14(11)17-9/h2-4,7,10H,5-6,8H2,1H3,(H2,16,20). The van der Waals surface area contributed by atoms with Crippen LogP contribution in [0, 0.1) is 23.0 Å². The molecule has 1 aliphatic rings. The molecule has 1 atom stereocenters. The number of amides is 1. The van der Waals surface area contributed by atoms with E-state index in [0.29, 0.717) is 30.7 Å². The number of benzene rings is 1. The summed E-state index contributed by atoms with van der Waals surface area (Å²) >= 11 is 0. The van der Waals surface area contributed by atoms with Crippen molar-refractivity contribution in [3.8, 4) is 0 Å². The Hall–Kier alpha value is -2.70. The molecule has 114 valence electrons. The van der Waals surface area contributed by atoms with Gasteiger partial charge in [-0.05, 0) is 19.4 Å². The minimum absolute atomic E-state index is 0.00639. The number of non-ortho nitro benzene ring substituents is 1. The van der Waals surface area contributed by atoms with Crippen molar-refractivity contribution in [2.24, 2.45) is 11.7 Å². The number of aryl methyl sites for hydroxylation is 1. The minimum atomic E-state index is -0.422. The molecule has 0 aliphatic carbocycles. The van der Waals surface area contributed by atoms with Crippen LogP contribution in [0.3, 0.4) is 0 Å². The topological polar surface area (TPSA) is 102 Å². The molecule has 1 unspecified atom stereocenters. The average molecular weight is 300 g/mol. The van der Waals surface area contributed by atoms with Gasteiger partial charge in [-0.1, -0.05) is 12.1 Å². The molecule has 2 aromatic rings. The molecule has 0 spiro atoms. The number of nitrogens with two attached hydrogens (primary N) is 1. The number of para-hydroxylation sites is 1. The summed E-state index contributed by atoms with van der Waals surface area (Å²) in [5.74, 6) is -0.481. The molecule has 22 heavy (non-hydrogen) atoms. The fourth-order valence-corrected chi connectivity index (χ4v) is 2.96. The average Bonchev–Trinajstić information content (AvgIpc) is 2.95. The summed E-state index contributed by atoms with van der Waals surface area (Å²) in [5, 5.41) is 11.9. The largest absolute Gasteiger partial charge is 0.370 e. The second-order valence-corrected chi connectivity index (χ2v) is 5.55. The van der Waals surface area contributed by atoms with Crippen molar-refractivity contribution in [3.63, 3.8) is 0 Å². The highest BCUT2D eigenvalue weighted by atomic mass is 16.6. The molecule has 1 aromatic carbocycles. The van der Waals surface area contributed by atoms with Crippen molar-refractivity contribution in [2.75, 3.05) is 18.0 Å². The lowest BCUT2D eigenvalue weighted by Gasteiger charge is -2.20. The molecule has 1 saturated heterocycles. The Morgan fingerprint density at radius 2 is 2.27 bits per heavy atom. The Kier molecular flexibility index (Phi) is 3.40. The molecule has 1 aromatic heterocycles. The Morgan fingerprint density at radius 3 is 2.91 bits per heavy atom. The van der Waals surface area contributed by atoms with Crippen LogP contribution in [0.25, 0.3) is 10.9 Å². The molecule has 7 nitrogen and oxygen atoms in total. The SMILES string of the molecule is Cc1cc(N2CCC(C(N)=O)C2)c2cccc([N+](=O)[O-])c2n1. The Labute approximate surface area is 126 Å². The summed E-state index contributed by atoms with van der Waals surface area (Å²) in [6.45, 7) is 3.05. The van der Waals surface area contributed by atoms with E-state index in [4.69, 9.17) is 5.73 Å². The van der Waals surface area contributed by atoms with E-state index in [0.717, 1.165) is 11.1 Å². The highest BCUT2D eigenvalue weighted by Gasteiger charge is 2.28. The number of primary amides is 1. The van der Waals surface area contributed by atoms with E-state index in [-0.39, 0.29) is 17.5 Å². The van der Waals surface area contributed by atoms with Gasteiger partial charge < -0.3 is 10.6 Å². The maximum Gasteiger partial charge on any atom is 0.295 e. The first kappa shape index (κ1) is 14.2. The van der Waals surface area contributed by atoms with E-state index in [1.54, 1.807) is 13.0 Å². The lowest BCUT2D eigenvalue weighted by Crippen LogP contribution is -2.27. The zero-order valence-electron chi connectivity index (χ0n) is 12.2. The van der Waals surface area contributed by atoms with Crippen molar-refractivity contribution in [3.05, 3.63) is 40.1 Å². The molecule has 1 amide bonds. The number of fused-ring (bicyclic) bond motifs is 1. The molecule has 2 N–H and O–H groups in total. The van der Waals surface area contributed by atoms with Gasteiger partial charge in [0, 0.05) is 35.9 Å². The zero-order chi connectivity index (χ0) is 15.9. The lowest BCUT2D eigenvalue weighted by molar-refractivity contribution is -0.383. The molecule has 1 fully saturated rings. The second-order valence-electron chi connectivity index (χ2n) is 5.55. The van der Waals surface area contributed by atoms with Gasteiger partial charge in [0.15, 0.2) is 5.52 Å². The van der Waals surface area contributed by atoms with Crippen LogP contribution in [-0.2, 0) is 4.79 Å². The van der Waals surface area contributed by atoms with Crippen molar-refractivity contribution in [2.45, 2.75) is 13.3 Å². The number of hydrogen-bond donors (Lipinski definition) is 1. The number of carbonyl (C=O) groups is 1. The number of aromatic nitrogens is 1. The normalized spacial score (nSPS) is 17.9. The quantitative estimate of drug-likeness (QED) is 0.687. The van der Waals surface area contributed by atoms with Crippen molar-refractivity contribution in [1.82, 2.24) is 4.98 Å². The molecular formula is C15H16N4O3. The van der Waals surface area contributed by atoms with E-state index >= 15 is 0 Å². The molecule has 0 saturated carbocycles. The third kappa shape index (κ3) is 2.34. The molecule has 7 heteroatoms. The Balaban J connectivity index is 2.13. The Morgan fingerprint density at radius 1 is 1.50 bits per heavy atom. The minimum Gasteiger partial charge on any atom is -0.370 e. The molecule has 1 aliphatic heterocycles. The van der Waals surface area contributed by atoms with Crippen LogP contribution >= 0.6 is 0 Å². The molecule has 2 heterocycles. The number of hydrogen-bond acceptors (Lipinski definition) is 5. The van der Waals surface area contributed by atoms with Gasteiger partial charge in [-0.15, -0.1) is 0 Å². The van der Waals surface area contributed by atoms with Gasteiger partial charge in [0.25, 0.3) is 5.69 Å². The third-order valence-electron chi connectivity index (χ3n) is 4.05.